The molecule has 0 radical (unpaired) electrons. The third-order valence-electron chi connectivity index (χ3n) is 2.75. The molecule has 1 unspecified atom stereocenters. The van der Waals surface area contributed by atoms with Crippen LogP contribution in [0, 0.1) is 6.92 Å². The number of nitrogens with one attached hydrogen (secondary N) is 1. The van der Waals surface area contributed by atoms with Crippen molar-refractivity contribution < 1.29 is 9.59 Å². The summed E-state index contributed by atoms with van der Waals surface area (Å²) in [6.07, 6.45) is 1.86. The number of anilines is 1. The van der Waals surface area contributed by atoms with Gasteiger partial charge in [0.05, 0.1) is 6.42 Å². The van der Waals surface area contributed by atoms with Crippen LogP contribution in [0.15, 0.2) is 16.7 Å². The Morgan fingerprint density at radius 2 is 2.24 bits per heavy atom. The van der Waals surface area contributed by atoms with Crippen LogP contribution in [0.1, 0.15) is 12.0 Å². The number of imide groups is 1. The fourth-order valence-electron chi connectivity index (χ4n) is 1.67. The zero-order chi connectivity index (χ0) is 12.6. The van der Waals surface area contributed by atoms with Gasteiger partial charge in [0.15, 0.2) is 0 Å². The Bertz CT molecular complexity index is 490. The predicted molar refractivity (Wildman–Crippen MR) is 66.5 cm³/mol. The Morgan fingerprint density at radius 3 is 2.76 bits per heavy atom. The lowest BCUT2D eigenvalue weighted by molar-refractivity contribution is -0.136. The lowest BCUT2D eigenvalue weighted by atomic mass is 10.2. The first-order chi connectivity index (χ1) is 7.99. The molecule has 0 spiro atoms. The second kappa shape index (κ2) is 4.44. The molecular weight excluding hydrogens is 286 g/mol. The van der Waals surface area contributed by atoms with Crippen LogP contribution in [0.25, 0.3) is 0 Å². The third kappa shape index (κ3) is 2.31. The van der Waals surface area contributed by atoms with Crippen molar-refractivity contribution in [2.75, 3.05) is 12.4 Å². The molecule has 1 aromatic heterocycles. The lowest BCUT2D eigenvalue weighted by Crippen LogP contribution is -2.32. The number of hydrogen-bond donors (Lipinski definition) is 1. The van der Waals surface area contributed by atoms with Crippen LogP contribution in [0.4, 0.5) is 5.82 Å². The van der Waals surface area contributed by atoms with Gasteiger partial charge in [0.2, 0.25) is 5.91 Å². The number of hydrogen-bond acceptors (Lipinski definition) is 4. The van der Waals surface area contributed by atoms with E-state index in [1.807, 2.05) is 13.0 Å². The zero-order valence-corrected chi connectivity index (χ0v) is 11.1. The number of aryl methyl sites for hydroxylation is 1. The van der Waals surface area contributed by atoms with Gasteiger partial charge in [0, 0.05) is 17.7 Å². The number of aromatic nitrogens is 1. The molecule has 0 aromatic carbocycles. The summed E-state index contributed by atoms with van der Waals surface area (Å²) in [6, 6.07) is 1.33. The van der Waals surface area contributed by atoms with Crippen molar-refractivity contribution >= 4 is 33.6 Å². The highest BCUT2D eigenvalue weighted by molar-refractivity contribution is 9.10. The molecule has 2 amide bonds. The largest absolute Gasteiger partial charge is 0.358 e. The van der Waals surface area contributed by atoms with Crippen molar-refractivity contribution in [1.29, 1.82) is 0 Å². The summed E-state index contributed by atoms with van der Waals surface area (Å²) in [5.74, 6) is 0.228. The molecule has 0 bridgehead atoms. The number of nitrogens with zero attached hydrogens (tertiary/aromatic N) is 2. The molecule has 1 atom stereocenters. The van der Waals surface area contributed by atoms with Gasteiger partial charge < -0.3 is 5.32 Å². The average Bonchev–Trinajstić information content (AvgIpc) is 2.52. The van der Waals surface area contributed by atoms with E-state index in [9.17, 15) is 9.59 Å². The standard InChI is InChI=1S/C11H12BrN3O2/c1-6-3-9(13-5-7(6)12)14-8-4-10(16)15(2)11(8)17/h3,5,8H,4H2,1-2H3,(H,13,14). The summed E-state index contributed by atoms with van der Waals surface area (Å²) in [4.78, 5) is 28.3. The first-order valence-corrected chi connectivity index (χ1v) is 5.97. The number of likely N-dealkylation sites (tertiary alicyclic amines) is 1. The quantitative estimate of drug-likeness (QED) is 0.837. The number of carbonyl (C=O) groups is 2. The third-order valence-corrected chi connectivity index (χ3v) is 3.58. The number of halogens is 1. The van der Waals surface area contributed by atoms with E-state index in [-0.39, 0.29) is 18.2 Å². The highest BCUT2D eigenvalue weighted by Gasteiger charge is 2.36. The first kappa shape index (κ1) is 12.0. The van der Waals surface area contributed by atoms with Crippen molar-refractivity contribution in [3.63, 3.8) is 0 Å². The summed E-state index contributed by atoms with van der Waals surface area (Å²) >= 11 is 3.35. The molecule has 1 N–H and O–H groups in total. The van der Waals surface area contributed by atoms with Gasteiger partial charge in [-0.3, -0.25) is 14.5 Å². The van der Waals surface area contributed by atoms with Crippen LogP contribution in [-0.2, 0) is 9.59 Å². The Kier molecular flexibility index (Phi) is 3.15. The Morgan fingerprint density at radius 1 is 1.53 bits per heavy atom. The van der Waals surface area contributed by atoms with Crippen molar-refractivity contribution in [3.8, 4) is 0 Å². The fraction of sp³-hybridized carbons (Fsp3) is 0.364. The highest BCUT2D eigenvalue weighted by Crippen LogP contribution is 2.20. The number of pyridine rings is 1. The van der Waals surface area contributed by atoms with Crippen molar-refractivity contribution in [3.05, 3.63) is 22.3 Å². The van der Waals surface area contributed by atoms with Crippen LogP contribution >= 0.6 is 15.9 Å². The molecule has 0 saturated carbocycles. The minimum atomic E-state index is -0.499. The molecule has 2 heterocycles. The van der Waals surface area contributed by atoms with Gasteiger partial charge in [-0.2, -0.15) is 0 Å². The summed E-state index contributed by atoms with van der Waals surface area (Å²) in [5.41, 5.74) is 1.02. The molecule has 1 aliphatic heterocycles. The molecule has 6 heteroatoms. The molecule has 1 aliphatic rings. The van der Waals surface area contributed by atoms with E-state index >= 15 is 0 Å². The summed E-state index contributed by atoms with van der Waals surface area (Å²) < 4.78 is 0.911. The Hall–Kier alpha value is -1.43. The first-order valence-electron chi connectivity index (χ1n) is 5.18. The van der Waals surface area contributed by atoms with Gasteiger partial charge in [0.1, 0.15) is 11.9 Å². The van der Waals surface area contributed by atoms with Crippen LogP contribution in [0.2, 0.25) is 0 Å². The van der Waals surface area contributed by atoms with Crippen LogP contribution in [-0.4, -0.2) is 34.8 Å². The molecule has 1 fully saturated rings. The number of likely N-dealkylation sites (N-methyl/N-ethyl adjacent to an activating group) is 1. The molecule has 2 rings (SSSR count). The van der Waals surface area contributed by atoms with Gasteiger partial charge in [-0.05, 0) is 34.5 Å². The molecule has 5 nitrogen and oxygen atoms in total. The highest BCUT2D eigenvalue weighted by atomic mass is 79.9. The van der Waals surface area contributed by atoms with Gasteiger partial charge >= 0.3 is 0 Å². The van der Waals surface area contributed by atoms with E-state index in [2.05, 4.69) is 26.2 Å². The second-order valence-corrected chi connectivity index (χ2v) is 4.87. The maximum Gasteiger partial charge on any atom is 0.251 e. The van der Waals surface area contributed by atoms with Crippen molar-refractivity contribution in [1.82, 2.24) is 9.88 Å². The number of carbonyl (C=O) groups excluding carboxylic acids is 2. The predicted octanol–water partition coefficient (Wildman–Crippen LogP) is 1.32. The fourth-order valence-corrected chi connectivity index (χ4v) is 1.88. The Balaban J connectivity index is 2.14. The van der Waals surface area contributed by atoms with E-state index in [0.29, 0.717) is 5.82 Å². The summed E-state index contributed by atoms with van der Waals surface area (Å²) in [7, 11) is 1.49. The van der Waals surface area contributed by atoms with Gasteiger partial charge in [-0.25, -0.2) is 4.98 Å². The monoisotopic (exact) mass is 297 g/mol. The van der Waals surface area contributed by atoms with Crippen LogP contribution in [0.3, 0.4) is 0 Å². The molecule has 17 heavy (non-hydrogen) atoms. The number of rotatable bonds is 2. The molecule has 0 aliphatic carbocycles. The lowest BCUT2D eigenvalue weighted by Gasteiger charge is -2.12. The smallest absolute Gasteiger partial charge is 0.251 e. The minimum absolute atomic E-state index is 0.165. The van der Waals surface area contributed by atoms with Crippen LogP contribution < -0.4 is 5.32 Å². The van der Waals surface area contributed by atoms with E-state index in [1.54, 1.807) is 6.20 Å². The average molecular weight is 298 g/mol. The van der Waals surface area contributed by atoms with Gasteiger partial charge in [0.25, 0.3) is 5.91 Å². The minimum Gasteiger partial charge on any atom is -0.358 e. The summed E-state index contributed by atoms with van der Waals surface area (Å²) in [5, 5.41) is 2.98. The second-order valence-electron chi connectivity index (χ2n) is 4.01. The molecule has 1 saturated heterocycles. The van der Waals surface area contributed by atoms with E-state index < -0.39 is 6.04 Å². The zero-order valence-electron chi connectivity index (χ0n) is 9.53. The van der Waals surface area contributed by atoms with Crippen LogP contribution in [0.5, 0.6) is 0 Å². The van der Waals surface area contributed by atoms with E-state index in [1.165, 1.54) is 7.05 Å². The summed E-state index contributed by atoms with van der Waals surface area (Å²) in [6.45, 7) is 1.94. The van der Waals surface area contributed by atoms with Crippen molar-refractivity contribution in [2.24, 2.45) is 0 Å². The molecule has 1 aromatic rings. The molecule has 90 valence electrons. The normalized spacial score (nSPS) is 19.9. The number of amides is 2. The topological polar surface area (TPSA) is 62.3 Å². The maximum atomic E-state index is 11.7. The SMILES string of the molecule is Cc1cc(NC2CC(=O)N(C)C2=O)ncc1Br. The molecular formula is C11H12BrN3O2. The maximum absolute atomic E-state index is 11.7. The van der Waals surface area contributed by atoms with Gasteiger partial charge in [-0.15, -0.1) is 0 Å². The van der Waals surface area contributed by atoms with Crippen molar-refractivity contribution in [2.45, 2.75) is 19.4 Å². The van der Waals surface area contributed by atoms with E-state index in [4.69, 9.17) is 0 Å². The van der Waals surface area contributed by atoms with E-state index in [0.717, 1.165) is 14.9 Å². The Labute approximate surface area is 107 Å². The van der Waals surface area contributed by atoms with Gasteiger partial charge in [-0.1, -0.05) is 0 Å².